The van der Waals surface area contributed by atoms with Gasteiger partial charge in [-0.15, -0.1) is 0 Å². The third kappa shape index (κ3) is 6.35. The van der Waals surface area contributed by atoms with Crippen LogP contribution in [0.25, 0.3) is 78.7 Å². The summed E-state index contributed by atoms with van der Waals surface area (Å²) in [4.78, 5) is 14.8. The molecule has 11 rings (SSSR count). The molecule has 9 aromatic carbocycles. The molecule has 3 nitrogen and oxygen atoms in total. The second-order valence-electron chi connectivity index (χ2n) is 15.5. The Morgan fingerprint density at radius 2 is 0.574 bits per heavy atom. The summed E-state index contributed by atoms with van der Waals surface area (Å²) in [6, 6.07) is 84.5. The van der Waals surface area contributed by atoms with Crippen molar-refractivity contribution in [1.82, 2.24) is 15.0 Å². The monoisotopic (exact) mass is 777 g/mol. The molecule has 0 aliphatic heterocycles. The molecule has 0 radical (unpaired) electrons. The van der Waals surface area contributed by atoms with Crippen molar-refractivity contribution in [2.75, 3.05) is 0 Å². The van der Waals surface area contributed by atoms with Crippen LogP contribution in [0.2, 0.25) is 0 Å². The van der Waals surface area contributed by atoms with E-state index in [0.717, 1.165) is 27.8 Å². The molecule has 0 spiro atoms. The molecule has 0 unspecified atom stereocenters. The van der Waals surface area contributed by atoms with Crippen LogP contribution in [-0.2, 0) is 5.41 Å². The third-order valence-corrected chi connectivity index (χ3v) is 12.1. The van der Waals surface area contributed by atoms with Crippen molar-refractivity contribution in [3.05, 3.63) is 259 Å². The first-order valence-corrected chi connectivity index (χ1v) is 20.8. The molecule has 0 N–H and O–H groups in total. The molecule has 1 aliphatic carbocycles. The van der Waals surface area contributed by atoms with Gasteiger partial charge < -0.3 is 0 Å². The zero-order valence-corrected chi connectivity index (χ0v) is 33.4. The van der Waals surface area contributed by atoms with Gasteiger partial charge in [-0.2, -0.15) is 0 Å². The maximum atomic E-state index is 4.94. The highest BCUT2D eigenvalue weighted by molar-refractivity contribution is 5.95. The Balaban J connectivity index is 1.01. The van der Waals surface area contributed by atoms with Crippen molar-refractivity contribution in [3.63, 3.8) is 0 Å². The highest BCUT2D eigenvalue weighted by Gasteiger charge is 2.46. The molecule has 286 valence electrons. The number of nitrogens with zero attached hydrogens (tertiary/aromatic N) is 3. The molecule has 0 bridgehead atoms. The van der Waals surface area contributed by atoms with Gasteiger partial charge in [-0.3, -0.25) is 0 Å². The highest BCUT2D eigenvalue weighted by Crippen LogP contribution is 2.58. The van der Waals surface area contributed by atoms with Crippen LogP contribution in [0.5, 0.6) is 0 Å². The van der Waals surface area contributed by atoms with Crippen molar-refractivity contribution in [2.45, 2.75) is 5.41 Å². The van der Waals surface area contributed by atoms with Crippen LogP contribution < -0.4 is 0 Å². The summed E-state index contributed by atoms with van der Waals surface area (Å²) in [6.45, 7) is 0. The van der Waals surface area contributed by atoms with Gasteiger partial charge in [0.15, 0.2) is 17.5 Å². The summed E-state index contributed by atoms with van der Waals surface area (Å²) in [7, 11) is 0. The number of fused-ring (bicyclic) bond motifs is 3. The van der Waals surface area contributed by atoms with E-state index in [1.807, 2.05) is 60.7 Å². The maximum absolute atomic E-state index is 4.94. The second kappa shape index (κ2) is 15.3. The van der Waals surface area contributed by atoms with Gasteiger partial charge >= 0.3 is 0 Å². The standard InChI is InChI=1S/C58H39N3/c1-6-18-42(19-7-1)50-38-52-49-28-16-17-29-53(49)58(47-24-12-4-13-25-47,48-26-14-5-15-27-48)54(52)39-51(50)43-34-30-40(31-35-43)41-32-36-46(37-33-41)57-60-55(44-20-8-2-9-21-44)59-56(61-57)45-22-10-3-11-23-45/h1-39H. The van der Waals surface area contributed by atoms with Crippen molar-refractivity contribution in [1.29, 1.82) is 0 Å². The predicted octanol–water partition coefficient (Wildman–Crippen LogP) is 14.2. The van der Waals surface area contributed by atoms with E-state index in [1.165, 1.54) is 55.6 Å². The Hall–Kier alpha value is -8.01. The molecule has 1 heterocycles. The normalized spacial score (nSPS) is 12.4. The molecule has 10 aromatic rings. The van der Waals surface area contributed by atoms with Gasteiger partial charge in [-0.05, 0) is 78.9 Å². The van der Waals surface area contributed by atoms with Crippen molar-refractivity contribution in [3.8, 4) is 78.7 Å². The number of aromatic nitrogens is 3. The number of hydrogen-bond acceptors (Lipinski definition) is 3. The van der Waals surface area contributed by atoms with E-state index in [4.69, 9.17) is 15.0 Å². The zero-order chi connectivity index (χ0) is 40.6. The van der Waals surface area contributed by atoms with Gasteiger partial charge in [0.25, 0.3) is 0 Å². The van der Waals surface area contributed by atoms with E-state index in [9.17, 15) is 0 Å². The summed E-state index contributed by atoms with van der Waals surface area (Å²) in [6.07, 6.45) is 0. The molecule has 0 amide bonds. The first-order chi connectivity index (χ1) is 30.2. The maximum Gasteiger partial charge on any atom is 0.164 e. The van der Waals surface area contributed by atoms with Crippen LogP contribution in [0.15, 0.2) is 237 Å². The summed E-state index contributed by atoms with van der Waals surface area (Å²) in [5.41, 5.74) is 17.1. The van der Waals surface area contributed by atoms with E-state index < -0.39 is 5.41 Å². The third-order valence-electron chi connectivity index (χ3n) is 12.1. The smallest absolute Gasteiger partial charge is 0.164 e. The first kappa shape index (κ1) is 36.1. The van der Waals surface area contributed by atoms with Gasteiger partial charge in [0, 0.05) is 16.7 Å². The Bertz CT molecular complexity index is 3030. The molecule has 3 heteroatoms. The second-order valence-corrected chi connectivity index (χ2v) is 15.5. The summed E-state index contributed by atoms with van der Waals surface area (Å²) >= 11 is 0. The largest absolute Gasteiger partial charge is 0.208 e. The summed E-state index contributed by atoms with van der Waals surface area (Å²) in [5.74, 6) is 1.95. The fourth-order valence-corrected chi connectivity index (χ4v) is 9.17. The minimum absolute atomic E-state index is 0.484. The van der Waals surface area contributed by atoms with Gasteiger partial charge in [0.05, 0.1) is 5.41 Å². The molecule has 61 heavy (non-hydrogen) atoms. The Morgan fingerprint density at radius 3 is 1.07 bits per heavy atom. The first-order valence-electron chi connectivity index (χ1n) is 20.8. The lowest BCUT2D eigenvalue weighted by atomic mass is 9.67. The van der Waals surface area contributed by atoms with E-state index >= 15 is 0 Å². The van der Waals surface area contributed by atoms with Gasteiger partial charge in [0.2, 0.25) is 0 Å². The van der Waals surface area contributed by atoms with Crippen LogP contribution >= 0.6 is 0 Å². The number of benzene rings is 9. The predicted molar refractivity (Wildman–Crippen MR) is 250 cm³/mol. The lowest BCUT2D eigenvalue weighted by molar-refractivity contribution is 0.769. The van der Waals surface area contributed by atoms with Crippen molar-refractivity contribution in [2.24, 2.45) is 0 Å². The quantitative estimate of drug-likeness (QED) is 0.154. The average molecular weight is 778 g/mol. The number of rotatable bonds is 8. The number of hydrogen-bond donors (Lipinski definition) is 0. The Kier molecular flexibility index (Phi) is 9.05. The summed E-state index contributed by atoms with van der Waals surface area (Å²) in [5, 5.41) is 0. The van der Waals surface area contributed by atoms with E-state index in [2.05, 4.69) is 176 Å². The minimum Gasteiger partial charge on any atom is -0.208 e. The van der Waals surface area contributed by atoms with E-state index in [1.54, 1.807) is 0 Å². The highest BCUT2D eigenvalue weighted by atomic mass is 15.0. The molecular weight excluding hydrogens is 739 g/mol. The fourth-order valence-electron chi connectivity index (χ4n) is 9.17. The van der Waals surface area contributed by atoms with Gasteiger partial charge in [0.1, 0.15) is 0 Å². The molecule has 0 atom stereocenters. The van der Waals surface area contributed by atoms with Crippen LogP contribution in [0.4, 0.5) is 0 Å². The molecule has 0 fully saturated rings. The topological polar surface area (TPSA) is 38.7 Å². The van der Waals surface area contributed by atoms with Gasteiger partial charge in [-0.1, -0.05) is 224 Å². The van der Waals surface area contributed by atoms with Crippen LogP contribution in [-0.4, -0.2) is 15.0 Å². The molecule has 1 aromatic heterocycles. The molecular formula is C58H39N3. The molecule has 1 aliphatic rings. The van der Waals surface area contributed by atoms with Crippen LogP contribution in [0, 0.1) is 0 Å². The summed E-state index contributed by atoms with van der Waals surface area (Å²) < 4.78 is 0. The van der Waals surface area contributed by atoms with Crippen molar-refractivity contribution < 1.29 is 0 Å². The Labute approximate surface area is 356 Å². The van der Waals surface area contributed by atoms with Gasteiger partial charge in [-0.25, -0.2) is 15.0 Å². The van der Waals surface area contributed by atoms with E-state index in [0.29, 0.717) is 17.5 Å². The Morgan fingerprint density at radius 1 is 0.230 bits per heavy atom. The fraction of sp³-hybridized carbons (Fsp3) is 0.0172. The van der Waals surface area contributed by atoms with Crippen LogP contribution in [0.3, 0.4) is 0 Å². The zero-order valence-electron chi connectivity index (χ0n) is 33.4. The SMILES string of the molecule is c1ccc(-c2nc(-c3ccccc3)nc(-c3ccc(-c4ccc(-c5cc6c(cc5-c5ccccc5)-c5ccccc5C6(c5ccccc5)c5ccccc5)cc4)cc3)n2)cc1. The molecule has 0 saturated carbocycles. The van der Waals surface area contributed by atoms with Crippen LogP contribution in [0.1, 0.15) is 22.3 Å². The lowest BCUT2D eigenvalue weighted by Crippen LogP contribution is -2.28. The minimum atomic E-state index is -0.484. The van der Waals surface area contributed by atoms with Crippen molar-refractivity contribution >= 4 is 0 Å². The van der Waals surface area contributed by atoms with E-state index in [-0.39, 0.29) is 0 Å². The molecule has 0 saturated heterocycles. The lowest BCUT2D eigenvalue weighted by Gasteiger charge is -2.34. The average Bonchev–Trinajstić information content (AvgIpc) is 3.65.